The number of carbonyl (C=O) groups is 12. The Bertz CT molecular complexity index is 3720. The second-order valence-electron chi connectivity index (χ2n) is 26.2. The van der Waals surface area contributed by atoms with Crippen LogP contribution in [-0.4, -0.2) is 164 Å². The highest BCUT2D eigenvalue weighted by atomic mass is 16.7. The van der Waals surface area contributed by atoms with E-state index in [4.69, 9.17) is 48.4 Å². The van der Waals surface area contributed by atoms with E-state index in [0.717, 1.165) is 6.92 Å². The van der Waals surface area contributed by atoms with Crippen molar-refractivity contribution in [2.45, 2.75) is 154 Å². The predicted octanol–water partition coefficient (Wildman–Crippen LogP) is 5.43. The van der Waals surface area contributed by atoms with Crippen LogP contribution in [-0.2, 0) is 92.4 Å². The number of Topliss-reactive ketones (excluding diaryl/α,β-unsaturated/α-hetero) is 2. The van der Waals surface area contributed by atoms with E-state index in [1.165, 1.54) is 83.3 Å². The molecule has 0 aromatic heterocycles. The van der Waals surface area contributed by atoms with E-state index < -0.39 is 173 Å². The van der Waals surface area contributed by atoms with E-state index in [2.05, 4.69) is 21.3 Å². The number of aliphatic hydroxyl groups is 1. The first kappa shape index (κ1) is 75.1. The third kappa shape index (κ3) is 16.7. The average molecular weight is 1370 g/mol. The zero-order chi connectivity index (χ0) is 72.3. The number of methoxy groups -OCH3 is 1. The maximum atomic E-state index is 16.1. The van der Waals surface area contributed by atoms with Crippen molar-refractivity contribution < 1.29 is 105 Å². The van der Waals surface area contributed by atoms with E-state index >= 15 is 9.59 Å². The van der Waals surface area contributed by atoms with Gasteiger partial charge in [0.2, 0.25) is 29.7 Å². The van der Waals surface area contributed by atoms with Crippen LogP contribution < -0.4 is 27.0 Å². The van der Waals surface area contributed by atoms with Crippen LogP contribution in [0.4, 0.5) is 10.5 Å². The number of hydrogen-bond acceptors (Lipinski definition) is 22. The molecule has 1 saturated heterocycles. The monoisotopic (exact) mass is 1370 g/mol. The fraction of sp³-hybridized carbons (Fsp3) is 0.472. The van der Waals surface area contributed by atoms with Gasteiger partial charge < -0.3 is 74.7 Å². The Morgan fingerprint density at radius 1 is 0.737 bits per heavy atom. The molecule has 0 radical (unpaired) electrons. The number of hydrogen-bond donors (Lipinski definition) is 6. The van der Waals surface area contributed by atoms with Gasteiger partial charge in [0.15, 0.2) is 23.3 Å². The number of rotatable bonds is 28. The van der Waals surface area contributed by atoms with Gasteiger partial charge in [0.1, 0.15) is 55.3 Å². The van der Waals surface area contributed by atoms with Gasteiger partial charge >= 0.3 is 30.0 Å². The van der Waals surface area contributed by atoms with E-state index in [-0.39, 0.29) is 78.6 Å². The standard InChI is InChI=1S/C72H85N5O22/c1-39(32-50(80)37-92-31-30-91-10)62(83)74-42(4)63(84)76-51(34-54(73)81)65(86)75-49-28-26-45(27-29-49)36-93-68(89)97-58(56(46-20-14-11-15-21-46)77-64(85)47-22-16-12-17-23-47)67(88)96-52-35-72(90)61(98-66(87)48-24-18-13-19-25-48)59-70(9,40(2)33-53-71(59,38-94-53)99-44(6)79)60(82)57(95-43(5)78)55(41(52)3)69(72,7)8/h11-29,39-40,42,51-53,56-59,61,90H,30-38H2,1-10H3,(H2,73,81)(H,74,83)(H,75,86)(H,76,84)(H,77,85)/t39-,40-,42+,51+,52-,53?,56-,57+,58+,59-,61-,70+,71-,72+/m0/s1. The minimum atomic E-state index is -2.47. The largest absolute Gasteiger partial charge is 0.509 e. The highest BCUT2D eigenvalue weighted by Crippen LogP contribution is 2.66. The first-order chi connectivity index (χ1) is 46.9. The topological polar surface area (TPSA) is 382 Å². The Hall–Kier alpha value is -9.70. The fourth-order valence-electron chi connectivity index (χ4n) is 13.7. The maximum Gasteiger partial charge on any atom is 0.509 e. The molecule has 2 saturated carbocycles. The molecule has 99 heavy (non-hydrogen) atoms. The first-order valence-electron chi connectivity index (χ1n) is 32.4. The molecular formula is C72H85N5O22. The summed E-state index contributed by atoms with van der Waals surface area (Å²) >= 11 is 0. The third-order valence-electron chi connectivity index (χ3n) is 19.2. The quantitative estimate of drug-likeness (QED) is 0.0178. The number of fused-ring (bicyclic) bond motifs is 5. The molecule has 3 aliphatic carbocycles. The van der Waals surface area contributed by atoms with Gasteiger partial charge in [-0.05, 0) is 84.9 Å². The van der Waals surface area contributed by atoms with Crippen LogP contribution in [0.5, 0.6) is 0 Å². The number of amides is 5. The van der Waals surface area contributed by atoms with E-state index in [0.29, 0.717) is 5.56 Å². The molecule has 4 aromatic carbocycles. The van der Waals surface area contributed by atoms with E-state index in [1.54, 1.807) is 94.4 Å². The third-order valence-corrected chi connectivity index (χ3v) is 19.2. The Morgan fingerprint density at radius 2 is 1.36 bits per heavy atom. The summed E-state index contributed by atoms with van der Waals surface area (Å²) in [5.74, 6) is -12.0. The molecule has 0 spiro atoms. The minimum Gasteiger partial charge on any atom is -0.455 e. The number of anilines is 1. The molecule has 1 heterocycles. The summed E-state index contributed by atoms with van der Waals surface area (Å²) in [6, 6.07) is 25.0. The number of ether oxygens (including phenoxy) is 9. The summed E-state index contributed by atoms with van der Waals surface area (Å²) in [5.41, 5.74) is -1.30. The lowest BCUT2D eigenvalue weighted by Gasteiger charge is -2.68. The molecule has 4 aromatic rings. The molecule has 27 heteroatoms. The summed E-state index contributed by atoms with van der Waals surface area (Å²) in [5, 5.41) is 24.5. The van der Waals surface area contributed by atoms with E-state index in [9.17, 15) is 53.1 Å². The number of nitrogens with one attached hydrogen (secondary N) is 4. The normalized spacial score (nSPS) is 24.9. The fourth-order valence-corrected chi connectivity index (χ4v) is 13.7. The molecule has 14 atom stereocenters. The molecule has 27 nitrogen and oxygen atoms in total. The molecule has 2 bridgehead atoms. The zero-order valence-corrected chi connectivity index (χ0v) is 56.8. The van der Waals surface area contributed by atoms with Crippen LogP contribution in [0.3, 0.4) is 0 Å². The van der Waals surface area contributed by atoms with Gasteiger partial charge in [-0.2, -0.15) is 0 Å². The SMILES string of the molecule is COCCOCC(=O)C[C@H](C)C(=O)N[C@H](C)C(=O)N[C@H](CC(N)=O)C(=O)Nc1ccc(COC(=O)O[C@@H](C(=O)O[C@H]2C[C@@]3(O)[C@@H](OC(=O)c4ccccc4)[C@H]4[C@](C)(C(=O)[C@H](OC(C)=O)C(=C2C)C3(C)C)[C@@H](C)CC2OC[C@]24OC(C)=O)[C@@H](NC(=O)c2ccccc2)c2ccccc2)cc1. The number of esters is 4. The van der Waals surface area contributed by atoms with E-state index in [1.807, 2.05) is 0 Å². The summed E-state index contributed by atoms with van der Waals surface area (Å²) in [6.07, 6.45) is -11.1. The van der Waals surface area contributed by atoms with Crippen molar-refractivity contribution >= 4 is 76.8 Å². The van der Waals surface area contributed by atoms with Crippen LogP contribution >= 0.6 is 0 Å². The Balaban J connectivity index is 1.09. The highest BCUT2D eigenvalue weighted by molar-refractivity contribution is 6.01. The summed E-state index contributed by atoms with van der Waals surface area (Å²) in [6.45, 7) is 12.5. The first-order valence-corrected chi connectivity index (χ1v) is 32.4. The average Bonchev–Trinajstić information content (AvgIpc) is 0.670. The van der Waals surface area contributed by atoms with Crippen molar-refractivity contribution in [2.75, 3.05) is 38.9 Å². The molecule has 5 amide bonds. The number of carbonyl (C=O) groups excluding carboxylic acids is 12. The second-order valence-corrected chi connectivity index (χ2v) is 26.2. The molecule has 530 valence electrons. The maximum absolute atomic E-state index is 16.1. The van der Waals surface area contributed by atoms with Crippen molar-refractivity contribution in [3.63, 3.8) is 0 Å². The van der Waals surface area contributed by atoms with Crippen LogP contribution in [0.2, 0.25) is 0 Å². The van der Waals surface area contributed by atoms with Crippen LogP contribution in [0.15, 0.2) is 126 Å². The lowest BCUT2D eigenvalue weighted by atomic mass is 9.43. The molecule has 3 fully saturated rings. The number of nitrogens with two attached hydrogens (primary N) is 1. The lowest BCUT2D eigenvalue weighted by Crippen LogP contribution is -2.80. The number of ketones is 2. The van der Waals surface area contributed by atoms with Crippen LogP contribution in [0.1, 0.15) is 126 Å². The van der Waals surface area contributed by atoms with Gasteiger partial charge in [-0.1, -0.05) is 113 Å². The van der Waals surface area contributed by atoms with Crippen molar-refractivity contribution in [1.82, 2.24) is 16.0 Å². The molecule has 8 rings (SSSR count). The molecule has 1 aliphatic heterocycles. The molecule has 4 aliphatic rings. The Kier molecular flexibility index (Phi) is 24.2. The molecular weight excluding hydrogens is 1290 g/mol. The number of primary amides is 1. The molecule has 1 unspecified atom stereocenters. The minimum absolute atomic E-state index is 0.0154. The van der Waals surface area contributed by atoms with Gasteiger partial charge in [-0.25, -0.2) is 14.4 Å². The highest BCUT2D eigenvalue weighted by Gasteiger charge is 2.78. The Labute approximate surface area is 572 Å². The van der Waals surface area contributed by atoms with Gasteiger partial charge in [-0.3, -0.25) is 43.2 Å². The second kappa shape index (κ2) is 31.9. The summed E-state index contributed by atoms with van der Waals surface area (Å²) < 4.78 is 53.2. The molecule has 7 N–H and O–H groups in total. The summed E-state index contributed by atoms with van der Waals surface area (Å²) in [4.78, 5) is 166. The van der Waals surface area contributed by atoms with Crippen molar-refractivity contribution in [3.05, 3.63) is 149 Å². The zero-order valence-electron chi connectivity index (χ0n) is 56.8. The van der Waals surface area contributed by atoms with Crippen molar-refractivity contribution in [1.29, 1.82) is 0 Å². The van der Waals surface area contributed by atoms with Gasteiger partial charge in [0.25, 0.3) is 5.91 Å². The van der Waals surface area contributed by atoms with Gasteiger partial charge in [0.05, 0.1) is 37.7 Å². The lowest BCUT2D eigenvalue weighted by molar-refractivity contribution is -0.340. The number of benzene rings is 4. The smallest absolute Gasteiger partial charge is 0.455 e. The van der Waals surface area contributed by atoms with Crippen LogP contribution in [0, 0.1) is 28.6 Å². The van der Waals surface area contributed by atoms with Gasteiger partial charge in [-0.15, -0.1) is 0 Å². The summed E-state index contributed by atoms with van der Waals surface area (Å²) in [7, 11) is 1.48. The predicted molar refractivity (Wildman–Crippen MR) is 350 cm³/mol. The van der Waals surface area contributed by atoms with Crippen molar-refractivity contribution in [2.24, 2.45) is 34.3 Å². The Morgan fingerprint density at radius 3 is 1.95 bits per heavy atom. The van der Waals surface area contributed by atoms with Crippen molar-refractivity contribution in [3.8, 4) is 0 Å². The van der Waals surface area contributed by atoms with Gasteiger partial charge in [0, 0.05) is 61.8 Å². The van der Waals surface area contributed by atoms with Crippen LogP contribution in [0.25, 0.3) is 0 Å².